The monoisotopic (exact) mass is 686 g/mol. The highest BCUT2D eigenvalue weighted by Gasteiger charge is 2.64. The quantitative estimate of drug-likeness (QED) is 0.302. The Morgan fingerprint density at radius 3 is 2.75 bits per heavy atom. The van der Waals surface area contributed by atoms with E-state index in [1.807, 2.05) is 18.2 Å². The van der Waals surface area contributed by atoms with Crippen molar-refractivity contribution in [3.8, 4) is 5.19 Å². The van der Waals surface area contributed by atoms with Gasteiger partial charge in [-0.15, -0.1) is 0 Å². The number of anilines is 1. The molecule has 234 valence electrons. The van der Waals surface area contributed by atoms with Gasteiger partial charge in [0.1, 0.15) is 29.5 Å². The van der Waals surface area contributed by atoms with Crippen LogP contribution in [0.4, 0.5) is 10.1 Å². The molecule has 12 heteroatoms. The number of amides is 2. The van der Waals surface area contributed by atoms with Crippen molar-refractivity contribution in [1.29, 1.82) is 0 Å². The molecule has 2 aromatic carbocycles. The van der Waals surface area contributed by atoms with Crippen LogP contribution in [0.15, 0.2) is 46.9 Å². The number of thiazole rings is 1. The van der Waals surface area contributed by atoms with Crippen molar-refractivity contribution >= 4 is 61.0 Å². The van der Waals surface area contributed by atoms with Gasteiger partial charge in [-0.2, -0.15) is 0 Å². The van der Waals surface area contributed by atoms with E-state index in [1.54, 1.807) is 12.1 Å². The summed E-state index contributed by atoms with van der Waals surface area (Å²) in [7, 11) is 0. The summed E-state index contributed by atoms with van der Waals surface area (Å²) in [4.78, 5) is 46.7. The molecule has 1 aliphatic carbocycles. The number of carboxylic acid groups (broad SMARTS) is 1. The van der Waals surface area contributed by atoms with E-state index in [-0.39, 0.29) is 30.7 Å². The predicted molar refractivity (Wildman–Crippen MR) is 169 cm³/mol. The second-order valence-corrected chi connectivity index (χ2v) is 14.2. The number of carbonyl (C=O) groups excluding carboxylic acids is 2. The third kappa shape index (κ3) is 6.42. The van der Waals surface area contributed by atoms with E-state index < -0.39 is 41.4 Å². The number of halogens is 2. The molecule has 2 aliphatic heterocycles. The van der Waals surface area contributed by atoms with Crippen LogP contribution in [0.2, 0.25) is 0 Å². The Morgan fingerprint density at radius 2 is 1.98 bits per heavy atom. The number of hydrogen-bond acceptors (Lipinski definition) is 7. The number of ether oxygens (including phenoxy) is 1. The van der Waals surface area contributed by atoms with Crippen LogP contribution in [0.25, 0.3) is 10.2 Å². The Balaban J connectivity index is 1.29. The zero-order valence-electron chi connectivity index (χ0n) is 24.4. The maximum absolute atomic E-state index is 14.2. The number of aliphatic carboxylic acids is 1. The van der Waals surface area contributed by atoms with E-state index in [9.17, 15) is 23.9 Å². The molecular formula is C32H36BrFN4O5S. The number of nitrogens with zero attached hydrogens (tertiary/aromatic N) is 2. The molecule has 1 unspecified atom stereocenters. The summed E-state index contributed by atoms with van der Waals surface area (Å²) >= 11 is 4.86. The van der Waals surface area contributed by atoms with Gasteiger partial charge >= 0.3 is 5.97 Å². The lowest BCUT2D eigenvalue weighted by Gasteiger charge is -2.30. The molecule has 2 saturated heterocycles. The maximum Gasteiger partial charge on any atom is 0.329 e. The van der Waals surface area contributed by atoms with E-state index in [1.165, 1.54) is 28.4 Å². The van der Waals surface area contributed by atoms with Gasteiger partial charge in [0.2, 0.25) is 11.8 Å². The van der Waals surface area contributed by atoms with Crippen molar-refractivity contribution in [3.05, 3.63) is 52.8 Å². The number of nitrogens with one attached hydrogen (secondary N) is 2. The fourth-order valence-electron chi connectivity index (χ4n) is 6.77. The number of aromatic nitrogens is 1. The molecule has 3 N–H and O–H groups in total. The molecule has 9 nitrogen and oxygen atoms in total. The zero-order valence-corrected chi connectivity index (χ0v) is 26.8. The Bertz CT molecular complexity index is 1570. The normalized spacial score (nSPS) is 29.6. The number of carbonyl (C=O) groups is 3. The topological polar surface area (TPSA) is 121 Å². The van der Waals surface area contributed by atoms with Gasteiger partial charge in [0.05, 0.1) is 16.8 Å². The number of benzene rings is 2. The fraction of sp³-hybridized carbons (Fsp3) is 0.500. The van der Waals surface area contributed by atoms with Crippen molar-refractivity contribution in [2.24, 2.45) is 11.8 Å². The molecule has 3 aromatic rings. The summed E-state index contributed by atoms with van der Waals surface area (Å²) in [5.74, 6) is -2.25. The minimum Gasteiger partial charge on any atom is -0.479 e. The molecule has 0 bridgehead atoms. The van der Waals surface area contributed by atoms with E-state index in [0.717, 1.165) is 46.8 Å². The second kappa shape index (κ2) is 12.6. The molecule has 3 fully saturated rings. The van der Waals surface area contributed by atoms with Crippen molar-refractivity contribution in [2.45, 2.75) is 82.0 Å². The Kier molecular flexibility index (Phi) is 8.83. The zero-order chi connectivity index (χ0) is 31.0. The highest BCUT2D eigenvalue weighted by molar-refractivity contribution is 9.10. The van der Waals surface area contributed by atoms with Gasteiger partial charge in [-0.1, -0.05) is 72.4 Å². The SMILES string of the molecule is CC1CCCCCC[C@H](Nc2cccc(F)c2)C(=O)N2C[C@H](Oc3nc4ccc(Br)cc4s3)C[C@H]2C(=O)N[C@]2(C(=O)O)C[C@@H]12. The third-order valence-corrected chi connectivity index (χ3v) is 10.6. The van der Waals surface area contributed by atoms with Gasteiger partial charge in [-0.05, 0) is 61.1 Å². The van der Waals surface area contributed by atoms with Crippen molar-refractivity contribution in [1.82, 2.24) is 15.2 Å². The summed E-state index contributed by atoms with van der Waals surface area (Å²) in [6.45, 7) is 2.20. The highest BCUT2D eigenvalue weighted by atomic mass is 79.9. The highest BCUT2D eigenvalue weighted by Crippen LogP contribution is 2.50. The number of carboxylic acids is 1. The lowest BCUT2D eigenvalue weighted by molar-refractivity contribution is -0.145. The maximum atomic E-state index is 14.2. The minimum absolute atomic E-state index is 0.137. The van der Waals surface area contributed by atoms with Crippen molar-refractivity contribution in [2.75, 3.05) is 11.9 Å². The number of rotatable bonds is 5. The first-order valence-corrected chi connectivity index (χ1v) is 16.8. The van der Waals surface area contributed by atoms with Gasteiger partial charge in [0.15, 0.2) is 0 Å². The first-order chi connectivity index (χ1) is 21.1. The van der Waals surface area contributed by atoms with Gasteiger partial charge in [-0.25, -0.2) is 14.2 Å². The lowest BCUT2D eigenvalue weighted by Crippen LogP contribution is -2.55. The summed E-state index contributed by atoms with van der Waals surface area (Å²) in [6, 6.07) is 10.1. The van der Waals surface area contributed by atoms with Crippen LogP contribution >= 0.6 is 27.3 Å². The van der Waals surface area contributed by atoms with E-state index in [2.05, 4.69) is 38.5 Å². The first kappa shape index (κ1) is 30.8. The largest absolute Gasteiger partial charge is 0.479 e. The predicted octanol–water partition coefficient (Wildman–Crippen LogP) is 5.98. The second-order valence-electron chi connectivity index (χ2n) is 12.3. The molecule has 1 saturated carbocycles. The molecule has 0 radical (unpaired) electrons. The summed E-state index contributed by atoms with van der Waals surface area (Å²) < 4.78 is 22.2. The van der Waals surface area contributed by atoms with Gasteiger partial charge in [-0.3, -0.25) is 9.59 Å². The summed E-state index contributed by atoms with van der Waals surface area (Å²) in [6.07, 6.45) is 5.04. The minimum atomic E-state index is -1.33. The van der Waals surface area contributed by atoms with Crippen LogP contribution in [0.3, 0.4) is 0 Å². The molecule has 44 heavy (non-hydrogen) atoms. The Labute approximate surface area is 267 Å². The summed E-state index contributed by atoms with van der Waals surface area (Å²) in [5.41, 5.74) is -0.0647. The Hall–Kier alpha value is -3.25. The molecular weight excluding hydrogens is 651 g/mol. The molecule has 6 atom stereocenters. The van der Waals surface area contributed by atoms with Crippen LogP contribution in [0.5, 0.6) is 5.19 Å². The van der Waals surface area contributed by atoms with Crippen LogP contribution in [0, 0.1) is 17.7 Å². The van der Waals surface area contributed by atoms with E-state index in [4.69, 9.17) is 4.74 Å². The fourth-order valence-corrected chi connectivity index (χ4v) is 8.21. The molecule has 0 spiro atoms. The van der Waals surface area contributed by atoms with Crippen LogP contribution in [-0.2, 0) is 14.4 Å². The standard InChI is InChI=1S/C32H36BrFN4O5S/c1-18-7-4-2-3-5-10-25(35-21-9-6-8-20(34)14-21)29(40)38-17-22(43-31-36-24-12-11-19(33)13-27(24)44-31)15-26(38)28(39)37-32(30(41)42)16-23(18)32/h6,8-9,11-14,18,22-23,25-26,35H,2-5,7,10,15-17H2,1H3,(H,37,39)(H,41,42)/t18?,22-,23+,25+,26+,32-/m1/s1. The summed E-state index contributed by atoms with van der Waals surface area (Å²) in [5, 5.41) is 16.7. The van der Waals surface area contributed by atoms with E-state index >= 15 is 0 Å². The van der Waals surface area contributed by atoms with Crippen molar-refractivity contribution in [3.63, 3.8) is 0 Å². The van der Waals surface area contributed by atoms with Gasteiger partial charge in [0, 0.05) is 16.6 Å². The van der Waals surface area contributed by atoms with Gasteiger partial charge < -0.3 is 25.4 Å². The lowest BCUT2D eigenvalue weighted by atomic mass is 9.94. The number of fused-ring (bicyclic) bond motifs is 3. The van der Waals surface area contributed by atoms with Crippen LogP contribution < -0.4 is 15.4 Å². The molecule has 2 amide bonds. The first-order valence-electron chi connectivity index (χ1n) is 15.2. The third-order valence-electron chi connectivity index (χ3n) is 9.24. The molecule has 3 heterocycles. The molecule has 1 aromatic heterocycles. The van der Waals surface area contributed by atoms with Crippen molar-refractivity contribution < 1.29 is 28.6 Å². The van der Waals surface area contributed by atoms with Crippen LogP contribution in [0.1, 0.15) is 58.3 Å². The molecule has 6 rings (SSSR count). The van der Waals surface area contributed by atoms with Gasteiger partial charge in [0.25, 0.3) is 5.19 Å². The average molecular weight is 688 g/mol. The average Bonchev–Trinajstić information content (AvgIpc) is 3.35. The smallest absolute Gasteiger partial charge is 0.329 e. The molecule has 3 aliphatic rings. The Morgan fingerprint density at radius 1 is 1.18 bits per heavy atom. The van der Waals surface area contributed by atoms with Crippen LogP contribution in [-0.4, -0.2) is 63.0 Å². The van der Waals surface area contributed by atoms with E-state index in [0.29, 0.717) is 23.7 Å². The number of hydrogen-bond donors (Lipinski definition) is 3.